The number of hydrogen-bond acceptors (Lipinski definition) is 4. The Morgan fingerprint density at radius 3 is 2.94 bits per heavy atom. The van der Waals surface area contributed by atoms with Crippen molar-refractivity contribution in [3.05, 3.63) is 18.6 Å². The quantitative estimate of drug-likeness (QED) is 0.542. The monoisotopic (exact) mass is 253 g/mol. The van der Waals surface area contributed by atoms with Gasteiger partial charge in [0.05, 0.1) is 6.20 Å². The zero-order valence-electron chi connectivity index (χ0n) is 10.9. The van der Waals surface area contributed by atoms with Gasteiger partial charge in [0.15, 0.2) is 0 Å². The molecule has 1 atom stereocenters. The van der Waals surface area contributed by atoms with Gasteiger partial charge in [0.1, 0.15) is 5.03 Å². The summed E-state index contributed by atoms with van der Waals surface area (Å²) < 4.78 is 0. The summed E-state index contributed by atoms with van der Waals surface area (Å²) in [5, 5.41) is 4.54. The average Bonchev–Trinajstić information content (AvgIpc) is 2.37. The molecule has 1 N–H and O–H groups in total. The number of thioether (sulfide) groups is 1. The first-order valence-electron chi connectivity index (χ1n) is 6.45. The second-order valence-electron chi connectivity index (χ2n) is 4.24. The molecular formula is C13H23N3S. The van der Waals surface area contributed by atoms with E-state index in [1.807, 2.05) is 6.20 Å². The van der Waals surface area contributed by atoms with Crippen LogP contribution in [0.5, 0.6) is 0 Å². The van der Waals surface area contributed by atoms with Gasteiger partial charge in [0.25, 0.3) is 0 Å². The lowest BCUT2D eigenvalue weighted by atomic mass is 10.1. The van der Waals surface area contributed by atoms with Crippen LogP contribution in [0.4, 0.5) is 0 Å². The topological polar surface area (TPSA) is 37.8 Å². The van der Waals surface area contributed by atoms with Crippen LogP contribution in [0.1, 0.15) is 39.5 Å². The van der Waals surface area contributed by atoms with Crippen LogP contribution in [0.2, 0.25) is 0 Å². The van der Waals surface area contributed by atoms with Crippen molar-refractivity contribution in [3.63, 3.8) is 0 Å². The molecule has 0 saturated carbocycles. The van der Waals surface area contributed by atoms with Gasteiger partial charge in [-0.3, -0.25) is 4.98 Å². The van der Waals surface area contributed by atoms with Crippen LogP contribution in [-0.2, 0) is 0 Å². The van der Waals surface area contributed by atoms with E-state index in [-0.39, 0.29) is 0 Å². The maximum Gasteiger partial charge on any atom is 0.114 e. The Kier molecular flexibility index (Phi) is 8.01. The lowest BCUT2D eigenvalue weighted by Gasteiger charge is -2.12. The third-order valence-corrected chi connectivity index (χ3v) is 3.56. The molecule has 17 heavy (non-hydrogen) atoms. The maximum atomic E-state index is 4.24. The van der Waals surface area contributed by atoms with Crippen molar-refractivity contribution < 1.29 is 0 Å². The number of hydrogen-bond donors (Lipinski definition) is 1. The first-order chi connectivity index (χ1) is 8.33. The van der Waals surface area contributed by atoms with E-state index >= 15 is 0 Å². The van der Waals surface area contributed by atoms with Crippen molar-refractivity contribution in [1.82, 2.24) is 15.3 Å². The molecule has 1 aromatic heterocycles. The molecule has 4 heteroatoms. The molecule has 96 valence electrons. The molecule has 0 aliphatic carbocycles. The Labute approximate surface area is 109 Å². The van der Waals surface area contributed by atoms with E-state index in [9.17, 15) is 0 Å². The van der Waals surface area contributed by atoms with Gasteiger partial charge in [0, 0.05) is 18.4 Å². The summed E-state index contributed by atoms with van der Waals surface area (Å²) in [6.45, 7) is 5.61. The van der Waals surface area contributed by atoms with Crippen molar-refractivity contribution in [3.8, 4) is 0 Å². The zero-order chi connectivity index (χ0) is 12.3. The van der Waals surface area contributed by atoms with E-state index in [1.54, 1.807) is 24.2 Å². The van der Waals surface area contributed by atoms with Gasteiger partial charge >= 0.3 is 0 Å². The molecule has 1 rings (SSSR count). The van der Waals surface area contributed by atoms with Gasteiger partial charge in [-0.15, -0.1) is 11.8 Å². The molecular weight excluding hydrogens is 230 g/mol. The Morgan fingerprint density at radius 2 is 2.24 bits per heavy atom. The molecule has 0 spiro atoms. The molecule has 3 nitrogen and oxygen atoms in total. The van der Waals surface area contributed by atoms with Gasteiger partial charge in [-0.25, -0.2) is 4.98 Å². The second-order valence-corrected chi connectivity index (χ2v) is 5.36. The number of aromatic nitrogens is 2. The van der Waals surface area contributed by atoms with E-state index < -0.39 is 0 Å². The van der Waals surface area contributed by atoms with Crippen LogP contribution in [0.25, 0.3) is 0 Å². The molecule has 0 fully saturated rings. The second kappa shape index (κ2) is 9.42. The molecule has 0 saturated heterocycles. The largest absolute Gasteiger partial charge is 0.314 e. The molecule has 0 aromatic carbocycles. The van der Waals surface area contributed by atoms with Gasteiger partial charge in [-0.05, 0) is 38.5 Å². The molecule has 0 bridgehead atoms. The van der Waals surface area contributed by atoms with Gasteiger partial charge < -0.3 is 5.32 Å². The number of unbranched alkanes of at least 4 members (excludes halogenated alkanes) is 1. The van der Waals surface area contributed by atoms with E-state index in [4.69, 9.17) is 0 Å². The molecule has 0 aliphatic rings. The summed E-state index contributed by atoms with van der Waals surface area (Å²) in [5.74, 6) is 1.14. The van der Waals surface area contributed by atoms with Crippen molar-refractivity contribution in [2.45, 2.75) is 50.6 Å². The first-order valence-corrected chi connectivity index (χ1v) is 7.43. The first kappa shape index (κ1) is 14.5. The fraction of sp³-hybridized carbons (Fsp3) is 0.692. The van der Waals surface area contributed by atoms with Gasteiger partial charge in [-0.2, -0.15) is 0 Å². The lowest BCUT2D eigenvalue weighted by molar-refractivity contribution is 0.496. The molecule has 1 heterocycles. The Hall–Kier alpha value is -0.610. The molecule has 1 unspecified atom stereocenters. The highest BCUT2D eigenvalue weighted by Crippen LogP contribution is 2.15. The van der Waals surface area contributed by atoms with E-state index in [0.717, 1.165) is 17.3 Å². The molecule has 0 aliphatic heterocycles. The Morgan fingerprint density at radius 1 is 1.35 bits per heavy atom. The highest BCUT2D eigenvalue weighted by molar-refractivity contribution is 7.99. The predicted octanol–water partition coefficient (Wildman–Crippen LogP) is 3.13. The predicted molar refractivity (Wildman–Crippen MR) is 74.4 cm³/mol. The minimum atomic E-state index is 0.650. The van der Waals surface area contributed by atoms with E-state index in [2.05, 4.69) is 29.1 Å². The number of nitrogens with one attached hydrogen (secondary N) is 1. The van der Waals surface area contributed by atoms with Crippen LogP contribution >= 0.6 is 11.8 Å². The summed E-state index contributed by atoms with van der Waals surface area (Å²) in [5.41, 5.74) is 0. The van der Waals surface area contributed by atoms with Crippen LogP contribution in [-0.4, -0.2) is 28.3 Å². The highest BCUT2D eigenvalue weighted by atomic mass is 32.2. The van der Waals surface area contributed by atoms with Crippen molar-refractivity contribution in [1.29, 1.82) is 0 Å². The third-order valence-electron chi connectivity index (χ3n) is 2.56. The number of rotatable bonds is 9. The highest BCUT2D eigenvalue weighted by Gasteiger charge is 2.00. The maximum absolute atomic E-state index is 4.24. The molecule has 0 radical (unpaired) electrons. The third kappa shape index (κ3) is 7.34. The summed E-state index contributed by atoms with van der Waals surface area (Å²) in [6, 6.07) is 0.650. The van der Waals surface area contributed by atoms with Crippen LogP contribution < -0.4 is 5.32 Å². The van der Waals surface area contributed by atoms with Gasteiger partial charge in [-0.1, -0.05) is 13.3 Å². The van der Waals surface area contributed by atoms with Crippen LogP contribution in [0.3, 0.4) is 0 Å². The summed E-state index contributed by atoms with van der Waals surface area (Å²) in [7, 11) is 0. The zero-order valence-corrected chi connectivity index (χ0v) is 11.7. The fourth-order valence-corrected chi connectivity index (χ4v) is 2.41. The average molecular weight is 253 g/mol. The number of nitrogens with zero attached hydrogens (tertiary/aromatic N) is 2. The van der Waals surface area contributed by atoms with Crippen molar-refractivity contribution in [2.24, 2.45) is 0 Å². The Balaban J connectivity index is 1.97. The standard InChI is InChI=1S/C13H23N3S/c1-3-7-15-12(2)6-4-5-10-17-13-11-14-8-9-16-13/h8-9,11-12,15H,3-7,10H2,1-2H3. The minimum Gasteiger partial charge on any atom is -0.314 e. The fourth-order valence-electron chi connectivity index (χ4n) is 1.58. The lowest BCUT2D eigenvalue weighted by Crippen LogP contribution is -2.26. The van der Waals surface area contributed by atoms with Crippen molar-refractivity contribution >= 4 is 11.8 Å². The molecule has 0 amide bonds. The van der Waals surface area contributed by atoms with E-state index in [1.165, 1.54) is 25.7 Å². The minimum absolute atomic E-state index is 0.650. The van der Waals surface area contributed by atoms with Crippen molar-refractivity contribution in [2.75, 3.05) is 12.3 Å². The van der Waals surface area contributed by atoms with Crippen LogP contribution in [0.15, 0.2) is 23.6 Å². The smallest absolute Gasteiger partial charge is 0.114 e. The SMILES string of the molecule is CCCNC(C)CCCCSc1cnccn1. The molecule has 1 aromatic rings. The van der Waals surface area contributed by atoms with Gasteiger partial charge in [0.2, 0.25) is 0 Å². The van der Waals surface area contributed by atoms with E-state index in [0.29, 0.717) is 6.04 Å². The summed E-state index contributed by atoms with van der Waals surface area (Å²) in [6.07, 6.45) is 10.3. The van der Waals surface area contributed by atoms with Crippen LogP contribution in [0, 0.1) is 0 Å². The Bertz CT molecular complexity index is 279. The summed E-state index contributed by atoms with van der Waals surface area (Å²) >= 11 is 1.80. The normalized spacial score (nSPS) is 12.6. The summed E-state index contributed by atoms with van der Waals surface area (Å²) in [4.78, 5) is 8.29.